The van der Waals surface area contributed by atoms with Gasteiger partial charge >= 0.3 is 8.56 Å². The van der Waals surface area contributed by atoms with E-state index in [0.717, 1.165) is 77.0 Å². The van der Waals surface area contributed by atoms with Crippen molar-refractivity contribution in [3.05, 3.63) is 89.5 Å². The Morgan fingerprint density at radius 2 is 0.754 bits per heavy atom. The highest BCUT2D eigenvalue weighted by molar-refractivity contribution is 6.74. The van der Waals surface area contributed by atoms with E-state index in [-0.39, 0.29) is 22.7 Å². The molecule has 0 aromatic heterocycles. The summed E-state index contributed by atoms with van der Waals surface area (Å²) in [4.78, 5) is 41.4. The van der Waals surface area contributed by atoms with Gasteiger partial charge in [-0.3, -0.25) is 14.4 Å². The van der Waals surface area contributed by atoms with Gasteiger partial charge in [0.1, 0.15) is 17.2 Å². The van der Waals surface area contributed by atoms with E-state index in [0.29, 0.717) is 61.2 Å². The molecule has 332 valence electrons. The van der Waals surface area contributed by atoms with Crippen molar-refractivity contribution in [1.29, 1.82) is 0 Å². The summed E-state index contributed by atoms with van der Waals surface area (Å²) in [6.45, 7) is 16.2. The van der Waals surface area contributed by atoms with Crippen LogP contribution in [0, 0.1) is 17.8 Å². The minimum atomic E-state index is -4.02. The van der Waals surface area contributed by atoms with E-state index in [1.54, 1.807) is 72.8 Å². The molecule has 0 radical (unpaired) electrons. The molecule has 0 saturated carbocycles. The zero-order valence-corrected chi connectivity index (χ0v) is 38.8. The number of para-hydroxylation sites is 3. The maximum absolute atomic E-state index is 13.8. The van der Waals surface area contributed by atoms with E-state index < -0.39 is 26.3 Å². The zero-order chi connectivity index (χ0) is 44.3. The van der Waals surface area contributed by atoms with Gasteiger partial charge in [-0.25, -0.2) is 0 Å². The first-order chi connectivity index (χ1) is 29.7. The van der Waals surface area contributed by atoms with Crippen LogP contribution in [0.2, 0.25) is 6.04 Å². The van der Waals surface area contributed by atoms with Gasteiger partial charge in [-0.05, 0) is 73.4 Å². The van der Waals surface area contributed by atoms with Crippen molar-refractivity contribution in [2.24, 2.45) is 47.4 Å². The van der Waals surface area contributed by atoms with E-state index >= 15 is 0 Å². The SMILES string of the molecule is CCCCC(CC)COc1ccccc1C(=O)N=N[Si](CCC)(N=NC(=O)c1ccccc1OCC(CC)CCCC)N=NC(=O)c1ccccc1OCC(CC)CCCC. The molecule has 0 spiro atoms. The molecule has 0 heterocycles. The fourth-order valence-corrected chi connectivity index (χ4v) is 8.55. The fourth-order valence-electron chi connectivity index (χ4n) is 6.71. The number of carbonyl (C=O) groups excluding carboxylic acids is 3. The number of amides is 3. The molecule has 0 N–H and O–H groups in total. The van der Waals surface area contributed by atoms with Gasteiger partial charge < -0.3 is 14.2 Å². The second kappa shape index (κ2) is 28.6. The highest BCUT2D eigenvalue weighted by atomic mass is 28.4. The van der Waals surface area contributed by atoms with E-state index in [1.165, 1.54) is 0 Å². The Bertz CT molecular complexity index is 1660. The third kappa shape index (κ3) is 17.2. The summed E-state index contributed by atoms with van der Waals surface area (Å²) in [6.07, 6.45) is 13.0. The second-order valence-electron chi connectivity index (χ2n) is 15.7. The molecule has 3 unspecified atom stereocenters. The molecule has 3 amide bonds. The van der Waals surface area contributed by atoms with Crippen molar-refractivity contribution >= 4 is 26.3 Å². The molecule has 0 fully saturated rings. The van der Waals surface area contributed by atoms with Crippen LogP contribution >= 0.6 is 0 Å². The second-order valence-corrected chi connectivity index (χ2v) is 18.4. The summed E-state index contributed by atoms with van der Waals surface area (Å²) >= 11 is 0. The van der Waals surface area contributed by atoms with Gasteiger partial charge in [-0.1, -0.05) is 149 Å². The standard InChI is InChI=1S/C48H70N6O6Si/c1-8-15-24-37(12-5)34-58-43-30-21-18-27-40(43)46(55)49-52-61(33-11-4,53-50-47(56)41-28-19-22-31-44(41)59-35-38(13-6)25-16-9-2)54-51-48(57)42-29-20-23-32-45(42)60-36-39(14-7)26-17-10-3/h18-23,27-32,37-39H,8-17,24-26,33-36H2,1-7H3. The molecule has 13 heteroatoms. The van der Waals surface area contributed by atoms with Crippen molar-refractivity contribution < 1.29 is 28.6 Å². The van der Waals surface area contributed by atoms with Crippen LogP contribution in [0.3, 0.4) is 0 Å². The van der Waals surface area contributed by atoms with Gasteiger partial charge in [0.25, 0.3) is 17.7 Å². The molecule has 3 aromatic rings. The maximum Gasteiger partial charge on any atom is 0.493 e. The molecule has 0 aliphatic rings. The van der Waals surface area contributed by atoms with Gasteiger partial charge in [0, 0.05) is 6.04 Å². The summed E-state index contributed by atoms with van der Waals surface area (Å²) in [7, 11) is -4.02. The topological polar surface area (TPSA) is 153 Å². The van der Waals surface area contributed by atoms with Gasteiger partial charge in [0.15, 0.2) is 0 Å². The molecule has 0 bridgehead atoms. The lowest BCUT2D eigenvalue weighted by Crippen LogP contribution is -2.28. The third-order valence-electron chi connectivity index (χ3n) is 10.9. The van der Waals surface area contributed by atoms with E-state index in [2.05, 4.69) is 71.2 Å². The number of benzene rings is 3. The zero-order valence-electron chi connectivity index (χ0n) is 37.8. The molecule has 0 aliphatic heterocycles. The Kier molecular flexibility index (Phi) is 23.6. The van der Waals surface area contributed by atoms with Crippen molar-refractivity contribution in [2.45, 2.75) is 138 Å². The smallest absolute Gasteiger partial charge is 0.492 e. The van der Waals surface area contributed by atoms with Crippen molar-refractivity contribution in [2.75, 3.05) is 19.8 Å². The number of ether oxygens (including phenoxy) is 3. The Labute approximate surface area is 365 Å². The number of carbonyl (C=O) groups is 3. The van der Waals surface area contributed by atoms with Gasteiger partial charge in [0.2, 0.25) is 0 Å². The minimum Gasteiger partial charge on any atom is -0.492 e. The largest absolute Gasteiger partial charge is 0.493 e. The van der Waals surface area contributed by atoms with Crippen LogP contribution in [0.15, 0.2) is 102 Å². The van der Waals surface area contributed by atoms with Crippen molar-refractivity contribution in [3.8, 4) is 17.2 Å². The molecule has 3 rings (SSSR count). The molecule has 12 nitrogen and oxygen atoms in total. The summed E-state index contributed by atoms with van der Waals surface area (Å²) in [6, 6.07) is 20.9. The molecule has 0 saturated heterocycles. The van der Waals surface area contributed by atoms with Crippen molar-refractivity contribution in [3.63, 3.8) is 0 Å². The number of hydrogen-bond donors (Lipinski definition) is 0. The lowest BCUT2D eigenvalue weighted by molar-refractivity contribution is 0.0983. The van der Waals surface area contributed by atoms with Crippen LogP contribution in [-0.4, -0.2) is 46.1 Å². The van der Waals surface area contributed by atoms with Crippen LogP contribution in [-0.2, 0) is 0 Å². The maximum atomic E-state index is 13.8. The Morgan fingerprint density at radius 3 is 1.02 bits per heavy atom. The normalized spacial score (nSPS) is 14.2. The lowest BCUT2D eigenvalue weighted by Gasteiger charge is -2.17. The average Bonchev–Trinajstić information content (AvgIpc) is 3.29. The quantitative estimate of drug-likeness (QED) is 0.0500. The molecule has 0 aliphatic carbocycles. The summed E-state index contributed by atoms with van der Waals surface area (Å²) < 4.78 is 31.9. The average molecular weight is 855 g/mol. The first-order valence-corrected chi connectivity index (χ1v) is 24.8. The minimum absolute atomic E-state index is 0.159. The van der Waals surface area contributed by atoms with Crippen LogP contribution in [0.1, 0.15) is 163 Å². The fraction of sp³-hybridized carbons (Fsp3) is 0.562. The van der Waals surface area contributed by atoms with Crippen LogP contribution in [0.4, 0.5) is 0 Å². The number of rotatable bonds is 29. The molecule has 61 heavy (non-hydrogen) atoms. The molecular weight excluding hydrogens is 785 g/mol. The molecule has 3 atom stereocenters. The summed E-state index contributed by atoms with van der Waals surface area (Å²) in [5.74, 6) is 0.204. The van der Waals surface area contributed by atoms with Crippen LogP contribution < -0.4 is 14.2 Å². The van der Waals surface area contributed by atoms with Crippen LogP contribution in [0.25, 0.3) is 0 Å². The number of hydrogen-bond acceptors (Lipinski definition) is 9. The van der Waals surface area contributed by atoms with E-state index in [1.807, 2.05) is 6.92 Å². The van der Waals surface area contributed by atoms with Gasteiger partial charge in [-0.15, -0.1) is 15.3 Å². The number of unbranched alkanes of at least 4 members (excludes halogenated alkanes) is 3. The van der Waals surface area contributed by atoms with Crippen LogP contribution in [0.5, 0.6) is 17.2 Å². The predicted molar refractivity (Wildman–Crippen MR) is 244 cm³/mol. The monoisotopic (exact) mass is 855 g/mol. The van der Waals surface area contributed by atoms with Gasteiger partial charge in [-0.2, -0.15) is 14.3 Å². The Morgan fingerprint density at radius 1 is 0.459 bits per heavy atom. The van der Waals surface area contributed by atoms with E-state index in [4.69, 9.17) is 14.2 Å². The summed E-state index contributed by atoms with van der Waals surface area (Å²) in [5.41, 5.74) is 0.674. The highest BCUT2D eigenvalue weighted by Crippen LogP contribution is 2.28. The molecule has 3 aromatic carbocycles. The van der Waals surface area contributed by atoms with Crippen molar-refractivity contribution in [1.82, 2.24) is 0 Å². The highest BCUT2D eigenvalue weighted by Gasteiger charge is 2.38. The number of nitrogens with zero attached hydrogens (tertiary/aromatic N) is 6. The third-order valence-corrected chi connectivity index (χ3v) is 13.3. The Balaban J connectivity index is 2.03. The first-order valence-electron chi connectivity index (χ1n) is 22.7. The Hall–Kier alpha value is -4.91. The molecular formula is C48H70N6O6Si. The summed E-state index contributed by atoms with van der Waals surface area (Å²) in [5, 5.41) is 12.4. The van der Waals surface area contributed by atoms with Gasteiger partial charge in [0.05, 0.1) is 36.5 Å². The first kappa shape index (κ1) is 50.4. The predicted octanol–water partition coefficient (Wildman–Crippen LogP) is 14.0. The van der Waals surface area contributed by atoms with E-state index in [9.17, 15) is 14.4 Å². The lowest BCUT2D eigenvalue weighted by atomic mass is 10.0.